The van der Waals surface area contributed by atoms with Crippen molar-refractivity contribution in [3.8, 4) is 0 Å². The monoisotopic (exact) mass is 488 g/mol. The Kier molecular flexibility index (Phi) is 6.89. The fraction of sp³-hybridized carbons (Fsp3) is 0.318. The van der Waals surface area contributed by atoms with E-state index < -0.39 is 47.0 Å². The van der Waals surface area contributed by atoms with Crippen molar-refractivity contribution < 1.29 is 45.5 Å². The molecule has 0 fully saturated rings. The molecule has 0 bridgehead atoms. The molecule has 34 heavy (non-hydrogen) atoms. The molecule has 182 valence electrons. The molecule has 3 rings (SSSR count). The van der Waals surface area contributed by atoms with E-state index in [1.807, 2.05) is 6.92 Å². The molecule has 0 saturated carbocycles. The van der Waals surface area contributed by atoms with Crippen molar-refractivity contribution in [3.63, 3.8) is 0 Å². The smallest absolute Gasteiger partial charge is 0.434 e. The number of esters is 1. The van der Waals surface area contributed by atoms with E-state index in [0.29, 0.717) is 16.8 Å². The molecular formula is C22H18F6N2O4. The third-order valence-electron chi connectivity index (χ3n) is 5.00. The number of halogens is 6. The predicted octanol–water partition coefficient (Wildman–Crippen LogP) is 4.96. The van der Waals surface area contributed by atoms with E-state index in [9.17, 15) is 41.1 Å². The Hall–Kier alpha value is -3.57. The van der Waals surface area contributed by atoms with Crippen LogP contribution in [0.4, 0.5) is 26.3 Å². The van der Waals surface area contributed by atoms with Gasteiger partial charge < -0.3 is 9.94 Å². The number of carbonyl (C=O) groups excluding carboxylic acids is 2. The Bertz CT molecular complexity index is 1200. The second-order valence-electron chi connectivity index (χ2n) is 7.36. The summed E-state index contributed by atoms with van der Waals surface area (Å²) in [6, 6.07) is 10.5. The Morgan fingerprint density at radius 3 is 2.12 bits per heavy atom. The number of fused-ring (bicyclic) bond motifs is 1. The molecule has 2 aromatic carbocycles. The van der Waals surface area contributed by atoms with Gasteiger partial charge in [-0.15, -0.1) is 4.68 Å². The highest BCUT2D eigenvalue weighted by molar-refractivity contribution is 6.17. The van der Waals surface area contributed by atoms with Crippen molar-refractivity contribution in [2.45, 2.75) is 44.8 Å². The maximum absolute atomic E-state index is 13.3. The summed E-state index contributed by atoms with van der Waals surface area (Å²) < 4.78 is 82.0. The summed E-state index contributed by atoms with van der Waals surface area (Å²) in [4.78, 5) is 25.9. The van der Waals surface area contributed by atoms with Crippen molar-refractivity contribution in [1.29, 1.82) is 0 Å². The Morgan fingerprint density at radius 1 is 0.971 bits per heavy atom. The highest BCUT2D eigenvalue weighted by Gasteiger charge is 2.60. The third kappa shape index (κ3) is 4.85. The minimum absolute atomic E-state index is 0.213. The number of rotatable bonds is 7. The lowest BCUT2D eigenvalue weighted by atomic mass is 10.00. The zero-order chi connectivity index (χ0) is 25.3. The summed E-state index contributed by atoms with van der Waals surface area (Å²) in [5.41, 5.74) is -1.42. The van der Waals surface area contributed by atoms with E-state index in [1.165, 1.54) is 16.8 Å². The summed E-state index contributed by atoms with van der Waals surface area (Å²) in [6.07, 6.45) is -14.9. The zero-order valence-electron chi connectivity index (χ0n) is 17.6. The number of aromatic nitrogens is 2. The molecule has 12 heteroatoms. The van der Waals surface area contributed by atoms with Gasteiger partial charge in [0, 0.05) is 5.56 Å². The Balaban J connectivity index is 2.07. The fourth-order valence-electron chi connectivity index (χ4n) is 3.43. The topological polar surface area (TPSA) is 75.2 Å². The lowest BCUT2D eigenvalue weighted by Crippen LogP contribution is -2.45. The van der Waals surface area contributed by atoms with Crippen molar-refractivity contribution in [2.75, 3.05) is 0 Å². The summed E-state index contributed by atoms with van der Waals surface area (Å²) in [7, 11) is 0. The molecule has 0 unspecified atom stereocenters. The molecule has 0 aliphatic carbocycles. The van der Waals surface area contributed by atoms with Crippen molar-refractivity contribution in [2.24, 2.45) is 0 Å². The Labute approximate surface area is 188 Å². The second-order valence-corrected chi connectivity index (χ2v) is 7.36. The first kappa shape index (κ1) is 25.1. The first-order chi connectivity index (χ1) is 15.9. The molecule has 1 aromatic heterocycles. The molecule has 0 aliphatic rings. The van der Waals surface area contributed by atoms with Crippen molar-refractivity contribution in [3.05, 3.63) is 70.6 Å². The molecule has 0 atom stereocenters. The zero-order valence-corrected chi connectivity index (χ0v) is 17.6. The van der Waals surface area contributed by atoms with Crippen LogP contribution in [-0.4, -0.2) is 34.9 Å². The summed E-state index contributed by atoms with van der Waals surface area (Å²) in [5.74, 6) is -3.06. The summed E-state index contributed by atoms with van der Waals surface area (Å²) in [5, 5.41) is 13.2. The van der Waals surface area contributed by atoms with Crippen LogP contribution in [0.5, 0.6) is 0 Å². The molecular weight excluding hydrogens is 470 g/mol. The van der Waals surface area contributed by atoms with Crippen LogP contribution in [0.25, 0.3) is 10.9 Å². The minimum Gasteiger partial charge on any atom is -0.595 e. The third-order valence-corrected chi connectivity index (χ3v) is 5.00. The van der Waals surface area contributed by atoms with Crippen LogP contribution in [-0.2, 0) is 11.3 Å². The molecule has 0 amide bonds. The number of benzene rings is 2. The van der Waals surface area contributed by atoms with E-state index in [4.69, 9.17) is 0 Å². The van der Waals surface area contributed by atoms with E-state index in [0.717, 1.165) is 24.6 Å². The molecule has 1 heterocycles. The molecule has 0 radical (unpaired) electrons. The van der Waals surface area contributed by atoms with Crippen LogP contribution in [0.2, 0.25) is 0 Å². The minimum atomic E-state index is -5.92. The second kappa shape index (κ2) is 9.35. The number of ether oxygens (including phenoxy) is 1. The number of hydrogen-bond donors (Lipinski definition) is 0. The lowest BCUT2D eigenvalue weighted by Gasteiger charge is -2.23. The van der Waals surface area contributed by atoms with Crippen molar-refractivity contribution >= 4 is 22.7 Å². The first-order valence-electron chi connectivity index (χ1n) is 10.1. The van der Waals surface area contributed by atoms with Crippen LogP contribution in [0.15, 0.2) is 48.5 Å². The molecule has 0 spiro atoms. The number of aryl methyl sites for hydroxylation is 1. The van der Waals surface area contributed by atoms with Gasteiger partial charge in [0.15, 0.2) is 0 Å². The first-order valence-corrected chi connectivity index (χ1v) is 10.1. The number of hydrogen-bond acceptors (Lipinski definition) is 4. The van der Waals surface area contributed by atoms with Crippen LogP contribution < -0.4 is 4.85 Å². The van der Waals surface area contributed by atoms with Gasteiger partial charge >= 0.3 is 18.3 Å². The number of unbranched alkanes of at least 4 members (excludes halogenated alkanes) is 1. The normalized spacial score (nSPS) is 12.4. The van der Waals surface area contributed by atoms with Crippen LogP contribution in [0.3, 0.4) is 0 Å². The number of para-hydroxylation sites is 1. The van der Waals surface area contributed by atoms with Gasteiger partial charge in [-0.1, -0.05) is 42.5 Å². The van der Waals surface area contributed by atoms with E-state index in [-0.39, 0.29) is 11.9 Å². The molecule has 0 saturated heterocycles. The van der Waals surface area contributed by atoms with E-state index >= 15 is 0 Å². The fourth-order valence-corrected chi connectivity index (χ4v) is 3.43. The Morgan fingerprint density at radius 2 is 1.53 bits per heavy atom. The van der Waals surface area contributed by atoms with Crippen molar-refractivity contribution in [1.82, 2.24) is 4.68 Å². The van der Waals surface area contributed by atoms with Gasteiger partial charge in [0.1, 0.15) is 5.52 Å². The van der Waals surface area contributed by atoms with E-state index in [1.54, 1.807) is 18.2 Å². The van der Waals surface area contributed by atoms with Gasteiger partial charge in [-0.2, -0.15) is 26.3 Å². The van der Waals surface area contributed by atoms with Gasteiger partial charge in [-0.3, -0.25) is 4.79 Å². The van der Waals surface area contributed by atoms with Crippen LogP contribution >= 0.6 is 0 Å². The average Bonchev–Trinajstić information content (AvgIpc) is 3.04. The largest absolute Gasteiger partial charge is 0.595 e. The number of carbonyl (C=O) groups is 2. The van der Waals surface area contributed by atoms with Crippen LogP contribution in [0, 0.1) is 5.21 Å². The van der Waals surface area contributed by atoms with Gasteiger partial charge in [0.05, 0.1) is 17.5 Å². The maximum Gasteiger partial charge on any atom is 0.434 e. The van der Waals surface area contributed by atoms with Gasteiger partial charge in [-0.25, -0.2) is 4.79 Å². The molecule has 0 aliphatic heterocycles. The SMILES string of the molecule is CCCCn1c2ccccc2c(C(=O)c2ccccc2C(=O)OC(C(F)(F)F)C(F)(F)F)[n+]1[O-]. The highest BCUT2D eigenvalue weighted by atomic mass is 19.4. The van der Waals surface area contributed by atoms with Gasteiger partial charge in [-0.05, 0) is 30.7 Å². The highest BCUT2D eigenvalue weighted by Crippen LogP contribution is 2.36. The standard InChI is InChI=1S/C22H18F6N2O4/c1-2-3-12-29-16-11-7-6-10-15(16)17(30(29)33)18(31)13-8-4-5-9-14(13)19(32)34-20(21(23,24)25)22(26,27)28/h4-11,20H,2-3,12H2,1H3. The average molecular weight is 488 g/mol. The predicted molar refractivity (Wildman–Crippen MR) is 107 cm³/mol. The number of alkyl halides is 6. The van der Waals surface area contributed by atoms with Gasteiger partial charge in [0.2, 0.25) is 0 Å². The maximum atomic E-state index is 13.3. The molecule has 0 N–H and O–H groups in total. The van der Waals surface area contributed by atoms with E-state index in [2.05, 4.69) is 4.74 Å². The van der Waals surface area contributed by atoms with Crippen LogP contribution in [0.1, 0.15) is 46.2 Å². The molecule has 6 nitrogen and oxygen atoms in total. The quantitative estimate of drug-likeness (QED) is 0.155. The number of nitrogens with zero attached hydrogens (tertiary/aromatic N) is 2. The summed E-state index contributed by atoms with van der Waals surface area (Å²) in [6.45, 7) is 2.15. The number of ketones is 1. The molecule has 3 aromatic rings. The van der Waals surface area contributed by atoms with Gasteiger partial charge in [0.25, 0.3) is 17.6 Å². The lowest BCUT2D eigenvalue weighted by molar-refractivity contribution is -0.693. The summed E-state index contributed by atoms with van der Waals surface area (Å²) >= 11 is 0.